The third-order valence-electron chi connectivity index (χ3n) is 12.8. The van der Waals surface area contributed by atoms with Crippen LogP contribution in [-0.4, -0.2) is 92.2 Å². The molecule has 5 fully saturated rings. The Bertz CT molecular complexity index is 1430. The summed E-state index contributed by atoms with van der Waals surface area (Å²) in [5.41, 5.74) is 0.631. The van der Waals surface area contributed by atoms with Crippen LogP contribution in [0.2, 0.25) is 18.1 Å². The molecule has 12 atom stereocenters. The van der Waals surface area contributed by atoms with E-state index < -0.39 is 37.9 Å². The largest absolute Gasteiger partial charge is 0.433 e. The molecule has 10 nitrogen and oxygen atoms in total. The van der Waals surface area contributed by atoms with Crippen LogP contribution in [0.4, 0.5) is 0 Å². The molecule has 0 bridgehead atoms. The standard InChI is InChI=1S/C42H68O10Si/c1-26-22-32(49-42(23-26)19-13-14-30(48-42)24-40(10)36(44)46-37(51-40)38(4,5)6)27(2)15-16-29-17-20-41(47-29)21-18-31-35(50-41)34(28(3)33(25-43)45-31)52-53(11,12)39(7,8)9/h15-16,23,27,29-35,37,43H,3,13-14,17-22,24-25H2,1-2,4-12H3/b16-15+/t27-,29+,30+,31-,32+,33-,34-,35-,37-,40-,41-,42+/m1/s1. The molecule has 0 aromatic carbocycles. The molecular formula is C42H68O10Si. The number of ether oxygens (including phenoxy) is 7. The molecule has 0 aromatic rings. The third kappa shape index (κ3) is 8.64. The Hall–Kier alpha value is -1.41. The van der Waals surface area contributed by atoms with Gasteiger partial charge in [-0.2, -0.15) is 0 Å². The maximum Gasteiger partial charge on any atom is 0.340 e. The number of hydrogen-bond acceptors (Lipinski definition) is 10. The van der Waals surface area contributed by atoms with Gasteiger partial charge in [-0.1, -0.05) is 72.8 Å². The summed E-state index contributed by atoms with van der Waals surface area (Å²) in [4.78, 5) is 13.0. The molecule has 6 aliphatic rings. The summed E-state index contributed by atoms with van der Waals surface area (Å²) in [6.45, 7) is 27.6. The molecule has 6 aliphatic heterocycles. The van der Waals surface area contributed by atoms with Crippen LogP contribution in [0.25, 0.3) is 0 Å². The second-order valence-corrected chi connectivity index (χ2v) is 24.4. The van der Waals surface area contributed by atoms with Crippen LogP contribution in [0.3, 0.4) is 0 Å². The first kappa shape index (κ1) is 41.2. The highest BCUT2D eigenvalue weighted by Crippen LogP contribution is 2.48. The van der Waals surface area contributed by atoms with Crippen LogP contribution in [-0.2, 0) is 42.4 Å². The molecule has 1 N–H and O–H groups in total. The van der Waals surface area contributed by atoms with Crippen LogP contribution in [0.1, 0.15) is 120 Å². The van der Waals surface area contributed by atoms with Crippen molar-refractivity contribution in [2.45, 2.75) is 204 Å². The minimum Gasteiger partial charge on any atom is -0.433 e. The maximum atomic E-state index is 13.0. The van der Waals surface area contributed by atoms with Gasteiger partial charge in [-0.25, -0.2) is 4.79 Å². The van der Waals surface area contributed by atoms with Gasteiger partial charge in [-0.15, -0.1) is 0 Å². The molecule has 2 spiro atoms. The monoisotopic (exact) mass is 760 g/mol. The number of aliphatic hydroxyl groups is 1. The molecule has 0 saturated carbocycles. The lowest BCUT2D eigenvalue weighted by Crippen LogP contribution is -2.61. The highest BCUT2D eigenvalue weighted by Gasteiger charge is 2.56. The van der Waals surface area contributed by atoms with Crippen LogP contribution < -0.4 is 0 Å². The van der Waals surface area contributed by atoms with Gasteiger partial charge in [0.25, 0.3) is 0 Å². The van der Waals surface area contributed by atoms with E-state index in [4.69, 9.17) is 37.6 Å². The average Bonchev–Trinajstić information content (AvgIpc) is 3.59. The first-order valence-electron chi connectivity index (χ1n) is 20.2. The number of carbonyl (C=O) groups is 1. The van der Waals surface area contributed by atoms with Gasteiger partial charge < -0.3 is 42.7 Å². The molecule has 0 radical (unpaired) electrons. The van der Waals surface area contributed by atoms with Crippen molar-refractivity contribution in [3.8, 4) is 0 Å². The van der Waals surface area contributed by atoms with E-state index in [1.807, 2.05) is 27.7 Å². The zero-order chi connectivity index (χ0) is 38.8. The second kappa shape index (κ2) is 14.8. The molecule has 11 heteroatoms. The lowest BCUT2D eigenvalue weighted by molar-refractivity contribution is -0.314. The molecule has 5 saturated heterocycles. The Kier molecular flexibility index (Phi) is 11.5. The van der Waals surface area contributed by atoms with Gasteiger partial charge in [-0.3, -0.25) is 0 Å². The number of carbonyl (C=O) groups excluding carboxylic acids is 1. The topological polar surface area (TPSA) is 111 Å². The van der Waals surface area contributed by atoms with E-state index in [1.54, 1.807) is 0 Å². The Morgan fingerprint density at radius 2 is 1.75 bits per heavy atom. The van der Waals surface area contributed by atoms with E-state index in [2.05, 4.69) is 72.5 Å². The summed E-state index contributed by atoms with van der Waals surface area (Å²) in [7, 11) is -2.19. The highest BCUT2D eigenvalue weighted by atomic mass is 28.4. The van der Waals surface area contributed by atoms with Crippen molar-refractivity contribution in [2.75, 3.05) is 6.61 Å². The average molecular weight is 761 g/mol. The van der Waals surface area contributed by atoms with Gasteiger partial charge in [-0.05, 0) is 75.7 Å². The second-order valence-electron chi connectivity index (χ2n) is 19.6. The number of cyclic esters (lactones) is 1. The third-order valence-corrected chi connectivity index (χ3v) is 17.3. The Balaban J connectivity index is 1.08. The Morgan fingerprint density at radius 3 is 2.42 bits per heavy atom. The normalized spacial score (nSPS) is 41.9. The van der Waals surface area contributed by atoms with E-state index >= 15 is 0 Å². The van der Waals surface area contributed by atoms with Gasteiger partial charge in [0.05, 0.1) is 37.1 Å². The van der Waals surface area contributed by atoms with Crippen LogP contribution in [0, 0.1) is 11.3 Å². The number of hydrogen-bond donors (Lipinski definition) is 1. The fourth-order valence-corrected chi connectivity index (χ4v) is 9.80. The van der Waals surface area contributed by atoms with Crippen LogP contribution in [0.5, 0.6) is 0 Å². The lowest BCUT2D eigenvalue weighted by Gasteiger charge is -2.52. The van der Waals surface area contributed by atoms with Crippen molar-refractivity contribution in [1.29, 1.82) is 0 Å². The van der Waals surface area contributed by atoms with E-state index in [1.165, 1.54) is 5.57 Å². The van der Waals surface area contributed by atoms with Crippen LogP contribution in [0.15, 0.2) is 36.0 Å². The first-order valence-corrected chi connectivity index (χ1v) is 23.1. The molecule has 53 heavy (non-hydrogen) atoms. The fraction of sp³-hybridized carbons (Fsp3) is 0.833. The van der Waals surface area contributed by atoms with Gasteiger partial charge >= 0.3 is 5.97 Å². The number of rotatable bonds is 8. The zero-order valence-electron chi connectivity index (χ0n) is 34.3. The van der Waals surface area contributed by atoms with Crippen molar-refractivity contribution in [3.63, 3.8) is 0 Å². The SMILES string of the molecule is C=C1[C@@H](O[Si](C)(C)C(C)(C)C)[C@@H]2O[C@]3(CC[C@H](/C=C/[C@@H](C)[C@@H]4CC(C)=C[C@]5(CCC[C@@H](C[C@@]6(C)O[C@H](C(C)(C)C)OC6=O)O5)O4)O3)CC[C@H]2O[C@@H]1CO. The summed E-state index contributed by atoms with van der Waals surface area (Å²) in [5.74, 6) is -1.75. The maximum absolute atomic E-state index is 13.0. The molecule has 6 rings (SSSR count). The predicted molar refractivity (Wildman–Crippen MR) is 204 cm³/mol. The van der Waals surface area contributed by atoms with Crippen molar-refractivity contribution < 1.29 is 47.5 Å². The summed E-state index contributed by atoms with van der Waals surface area (Å²) in [5, 5.41) is 10.1. The molecule has 6 heterocycles. The van der Waals surface area contributed by atoms with Gasteiger partial charge in [0.1, 0.15) is 12.2 Å². The quantitative estimate of drug-likeness (QED) is 0.148. The summed E-state index contributed by atoms with van der Waals surface area (Å²) in [6, 6.07) is 0. The smallest absolute Gasteiger partial charge is 0.340 e. The van der Waals surface area contributed by atoms with Gasteiger partial charge in [0.2, 0.25) is 6.29 Å². The van der Waals surface area contributed by atoms with E-state index in [0.29, 0.717) is 6.42 Å². The molecule has 300 valence electrons. The Labute approximate surface area is 319 Å². The van der Waals surface area contributed by atoms with Crippen molar-refractivity contribution in [3.05, 3.63) is 36.0 Å². The summed E-state index contributed by atoms with van der Waals surface area (Å²) >= 11 is 0. The van der Waals surface area contributed by atoms with E-state index in [9.17, 15) is 9.90 Å². The lowest BCUT2D eigenvalue weighted by atomic mass is 9.87. The summed E-state index contributed by atoms with van der Waals surface area (Å²) < 4.78 is 52.4. The molecule has 0 aliphatic carbocycles. The van der Waals surface area contributed by atoms with Crippen molar-refractivity contribution >= 4 is 14.3 Å². The Morgan fingerprint density at radius 1 is 1.04 bits per heavy atom. The van der Waals surface area contributed by atoms with Crippen LogP contribution >= 0.6 is 0 Å². The summed E-state index contributed by atoms with van der Waals surface area (Å²) in [6.07, 6.45) is 11.2. The highest BCUT2D eigenvalue weighted by molar-refractivity contribution is 6.74. The van der Waals surface area contributed by atoms with E-state index in [-0.39, 0.29) is 65.6 Å². The molecule has 0 amide bonds. The zero-order valence-corrected chi connectivity index (χ0v) is 35.3. The van der Waals surface area contributed by atoms with Gasteiger partial charge in [0.15, 0.2) is 25.5 Å². The van der Waals surface area contributed by atoms with Crippen molar-refractivity contribution in [2.24, 2.45) is 11.3 Å². The number of fused-ring (bicyclic) bond motifs is 1. The van der Waals surface area contributed by atoms with Crippen molar-refractivity contribution in [1.82, 2.24) is 0 Å². The first-order chi connectivity index (χ1) is 24.6. The number of aliphatic hydroxyl groups excluding tert-OH is 1. The molecular weight excluding hydrogens is 693 g/mol. The minimum absolute atomic E-state index is 0.00809. The van der Waals surface area contributed by atoms with Gasteiger partial charge in [0, 0.05) is 37.0 Å². The molecule has 0 aromatic heterocycles. The minimum atomic E-state index is -2.19. The molecule has 0 unspecified atom stereocenters. The van der Waals surface area contributed by atoms with E-state index in [0.717, 1.165) is 56.9 Å². The number of esters is 1. The fourth-order valence-electron chi connectivity index (χ4n) is 8.53. The predicted octanol–water partition coefficient (Wildman–Crippen LogP) is 8.03.